The van der Waals surface area contributed by atoms with E-state index in [-0.39, 0.29) is 5.91 Å². The van der Waals surface area contributed by atoms with Crippen LogP contribution in [-0.2, 0) is 9.53 Å². The Balaban J connectivity index is 1.82. The zero-order valence-corrected chi connectivity index (χ0v) is 11.3. The first kappa shape index (κ1) is 14.3. The average Bonchev–Trinajstić information content (AvgIpc) is 3.19. The van der Waals surface area contributed by atoms with Gasteiger partial charge in [0.25, 0.3) is 0 Å². The van der Waals surface area contributed by atoms with Gasteiger partial charge in [-0.3, -0.25) is 9.69 Å². The van der Waals surface area contributed by atoms with E-state index in [4.69, 9.17) is 15.7 Å². The summed E-state index contributed by atoms with van der Waals surface area (Å²) in [6.07, 6.45) is 1.91. The number of hydrogen-bond acceptors (Lipinski definition) is 5. The Labute approximate surface area is 114 Å². The van der Waals surface area contributed by atoms with Gasteiger partial charge in [0.15, 0.2) is 0 Å². The van der Waals surface area contributed by atoms with Gasteiger partial charge in [0.1, 0.15) is 0 Å². The molecule has 0 spiro atoms. The van der Waals surface area contributed by atoms with Crippen LogP contribution in [0.2, 0.25) is 0 Å². The number of nitrogens with two attached hydrogens (primary N) is 1. The van der Waals surface area contributed by atoms with Crippen molar-refractivity contribution in [2.45, 2.75) is 24.8 Å². The number of morpholine rings is 1. The molecule has 0 bridgehead atoms. The average molecular weight is 266 g/mol. The molecule has 0 aromatic rings. The van der Waals surface area contributed by atoms with Crippen molar-refractivity contribution in [3.05, 3.63) is 0 Å². The largest absolute Gasteiger partial charge is 0.379 e. The van der Waals surface area contributed by atoms with Gasteiger partial charge in [0.2, 0.25) is 5.91 Å². The van der Waals surface area contributed by atoms with Crippen LogP contribution in [0.25, 0.3) is 0 Å². The fourth-order valence-electron chi connectivity index (χ4n) is 2.25. The lowest BCUT2D eigenvalue weighted by molar-refractivity contribution is -0.133. The lowest BCUT2D eigenvalue weighted by Crippen LogP contribution is -2.49. The molecule has 1 saturated carbocycles. The zero-order chi connectivity index (χ0) is 13.7. The SMILES string of the molecule is N#CCCN(CCN1CCOCC1)C(=O)C1(N)CC1. The third kappa shape index (κ3) is 3.90. The fraction of sp³-hybridized carbons (Fsp3) is 0.846. The Morgan fingerprint density at radius 3 is 2.63 bits per heavy atom. The van der Waals surface area contributed by atoms with Gasteiger partial charge in [0.05, 0.1) is 31.2 Å². The normalized spacial score (nSPS) is 21.7. The quantitative estimate of drug-likeness (QED) is 0.704. The third-order valence-corrected chi connectivity index (χ3v) is 3.79. The first-order valence-electron chi connectivity index (χ1n) is 6.91. The van der Waals surface area contributed by atoms with E-state index in [1.54, 1.807) is 4.90 Å². The van der Waals surface area contributed by atoms with Crippen molar-refractivity contribution in [1.82, 2.24) is 9.80 Å². The minimum Gasteiger partial charge on any atom is -0.379 e. The molecule has 1 aliphatic heterocycles. The van der Waals surface area contributed by atoms with Crippen molar-refractivity contribution < 1.29 is 9.53 Å². The van der Waals surface area contributed by atoms with E-state index in [0.29, 0.717) is 19.5 Å². The smallest absolute Gasteiger partial charge is 0.242 e. The number of carbonyl (C=O) groups excluding carboxylic acids is 1. The van der Waals surface area contributed by atoms with Gasteiger partial charge in [-0.25, -0.2) is 0 Å². The van der Waals surface area contributed by atoms with E-state index in [0.717, 1.165) is 45.7 Å². The molecule has 2 aliphatic rings. The standard InChI is InChI=1S/C13H22N4O2/c14-4-1-5-17(12(18)13(15)2-3-13)7-6-16-8-10-19-11-9-16/h1-3,5-11,15H2. The number of carbonyl (C=O) groups is 1. The lowest BCUT2D eigenvalue weighted by Gasteiger charge is -2.31. The Morgan fingerprint density at radius 1 is 1.37 bits per heavy atom. The van der Waals surface area contributed by atoms with E-state index >= 15 is 0 Å². The second-order valence-electron chi connectivity index (χ2n) is 5.31. The molecule has 1 amide bonds. The summed E-state index contributed by atoms with van der Waals surface area (Å²) >= 11 is 0. The van der Waals surface area contributed by atoms with Crippen molar-refractivity contribution in [2.75, 3.05) is 45.9 Å². The number of amides is 1. The van der Waals surface area contributed by atoms with E-state index in [9.17, 15) is 4.79 Å². The highest BCUT2D eigenvalue weighted by atomic mass is 16.5. The van der Waals surface area contributed by atoms with Crippen LogP contribution in [0.4, 0.5) is 0 Å². The number of nitrogens with zero attached hydrogens (tertiary/aromatic N) is 3. The van der Waals surface area contributed by atoms with E-state index in [1.807, 2.05) is 0 Å². The summed E-state index contributed by atoms with van der Waals surface area (Å²) in [6.45, 7) is 5.30. The van der Waals surface area contributed by atoms with Crippen LogP contribution in [0, 0.1) is 11.3 Å². The van der Waals surface area contributed by atoms with Crippen LogP contribution >= 0.6 is 0 Å². The van der Waals surface area contributed by atoms with Crippen molar-refractivity contribution in [3.8, 4) is 6.07 Å². The summed E-state index contributed by atoms with van der Waals surface area (Å²) in [4.78, 5) is 16.3. The third-order valence-electron chi connectivity index (χ3n) is 3.79. The molecule has 1 aliphatic carbocycles. The molecule has 6 nitrogen and oxygen atoms in total. The van der Waals surface area contributed by atoms with Gasteiger partial charge in [-0.05, 0) is 12.8 Å². The van der Waals surface area contributed by atoms with Gasteiger partial charge in [-0.1, -0.05) is 0 Å². The molecular weight excluding hydrogens is 244 g/mol. The van der Waals surface area contributed by atoms with Gasteiger partial charge < -0.3 is 15.4 Å². The maximum atomic E-state index is 12.3. The molecule has 0 aromatic carbocycles. The molecule has 2 N–H and O–H groups in total. The minimum atomic E-state index is -0.638. The highest BCUT2D eigenvalue weighted by Gasteiger charge is 2.47. The molecule has 106 valence electrons. The maximum absolute atomic E-state index is 12.3. The molecule has 2 rings (SSSR count). The van der Waals surface area contributed by atoms with Crippen LogP contribution in [0.15, 0.2) is 0 Å². The Kier molecular flexibility index (Phi) is 4.75. The topological polar surface area (TPSA) is 82.6 Å². The van der Waals surface area contributed by atoms with Crippen molar-refractivity contribution in [1.29, 1.82) is 5.26 Å². The van der Waals surface area contributed by atoms with Gasteiger partial charge in [-0.2, -0.15) is 5.26 Å². The van der Waals surface area contributed by atoms with Crippen LogP contribution < -0.4 is 5.73 Å². The minimum absolute atomic E-state index is 0.0102. The Bertz CT molecular complexity index is 356. The van der Waals surface area contributed by atoms with Crippen LogP contribution in [0.3, 0.4) is 0 Å². The monoisotopic (exact) mass is 266 g/mol. The first-order valence-corrected chi connectivity index (χ1v) is 6.91. The Hall–Kier alpha value is -1.16. The molecule has 0 atom stereocenters. The second-order valence-corrected chi connectivity index (χ2v) is 5.31. The molecule has 1 saturated heterocycles. The van der Waals surface area contributed by atoms with Crippen molar-refractivity contribution in [2.24, 2.45) is 5.73 Å². The predicted octanol–water partition coefficient (Wildman–Crippen LogP) is -0.448. The molecule has 0 unspecified atom stereocenters. The lowest BCUT2D eigenvalue weighted by atomic mass is 10.2. The summed E-state index contributed by atoms with van der Waals surface area (Å²) in [5.74, 6) is 0.0102. The van der Waals surface area contributed by atoms with Crippen LogP contribution in [0.5, 0.6) is 0 Å². The zero-order valence-electron chi connectivity index (χ0n) is 11.3. The van der Waals surface area contributed by atoms with Crippen LogP contribution in [0.1, 0.15) is 19.3 Å². The highest BCUT2D eigenvalue weighted by molar-refractivity contribution is 5.89. The number of nitriles is 1. The van der Waals surface area contributed by atoms with E-state index in [1.165, 1.54) is 0 Å². The van der Waals surface area contributed by atoms with Gasteiger partial charge in [-0.15, -0.1) is 0 Å². The second kappa shape index (κ2) is 6.33. The molecule has 2 fully saturated rings. The molecule has 0 aromatic heterocycles. The predicted molar refractivity (Wildman–Crippen MR) is 70.2 cm³/mol. The first-order chi connectivity index (χ1) is 9.15. The fourth-order valence-corrected chi connectivity index (χ4v) is 2.25. The summed E-state index contributed by atoms with van der Waals surface area (Å²) in [5.41, 5.74) is 5.33. The molecule has 0 radical (unpaired) electrons. The molecule has 19 heavy (non-hydrogen) atoms. The number of ether oxygens (including phenoxy) is 1. The van der Waals surface area contributed by atoms with Crippen molar-refractivity contribution >= 4 is 5.91 Å². The van der Waals surface area contributed by atoms with Gasteiger partial charge >= 0.3 is 0 Å². The summed E-state index contributed by atoms with van der Waals surface area (Å²) in [5, 5.41) is 8.69. The number of hydrogen-bond donors (Lipinski definition) is 1. The van der Waals surface area contributed by atoms with E-state index < -0.39 is 5.54 Å². The van der Waals surface area contributed by atoms with Crippen molar-refractivity contribution in [3.63, 3.8) is 0 Å². The van der Waals surface area contributed by atoms with E-state index in [2.05, 4.69) is 11.0 Å². The molecule has 6 heteroatoms. The Morgan fingerprint density at radius 2 is 2.05 bits per heavy atom. The number of rotatable bonds is 6. The highest BCUT2D eigenvalue weighted by Crippen LogP contribution is 2.34. The summed E-state index contributed by atoms with van der Waals surface area (Å²) in [7, 11) is 0. The van der Waals surface area contributed by atoms with Crippen LogP contribution in [-0.4, -0.2) is 67.2 Å². The van der Waals surface area contributed by atoms with Gasteiger partial charge in [0, 0.05) is 32.7 Å². The maximum Gasteiger partial charge on any atom is 0.242 e. The molecular formula is C13H22N4O2. The summed E-state index contributed by atoms with van der Waals surface area (Å²) in [6, 6.07) is 2.09. The summed E-state index contributed by atoms with van der Waals surface area (Å²) < 4.78 is 5.30. The molecule has 1 heterocycles.